The van der Waals surface area contributed by atoms with Gasteiger partial charge in [-0.15, -0.1) is 0 Å². The zero-order valence-corrected chi connectivity index (χ0v) is 14.1. The van der Waals surface area contributed by atoms with Gasteiger partial charge in [-0.25, -0.2) is 0 Å². The molecule has 22 heavy (non-hydrogen) atoms. The molecule has 2 aromatic rings. The predicted molar refractivity (Wildman–Crippen MR) is 84.9 cm³/mol. The second kappa shape index (κ2) is 5.03. The summed E-state index contributed by atoms with van der Waals surface area (Å²) < 4.78 is 11.7. The largest absolute Gasteiger partial charge is 0.454 e. The maximum Gasteiger partial charge on any atom is 0.229 e. The minimum absolute atomic E-state index is 0.129. The lowest BCUT2D eigenvalue weighted by Gasteiger charge is -2.21. The minimum atomic E-state index is -1.74. The van der Waals surface area contributed by atoms with E-state index >= 15 is 0 Å². The van der Waals surface area contributed by atoms with Crippen molar-refractivity contribution in [2.45, 2.75) is 32.7 Å². The Morgan fingerprint density at radius 2 is 1.59 bits per heavy atom. The Labute approximate surface area is 130 Å². The Kier molecular flexibility index (Phi) is 3.42. The Hall–Kier alpha value is -1.98. The average Bonchev–Trinajstić information content (AvgIpc) is 2.89. The SMILES string of the molecule is CC(O[Si](C)(C)C)c1cc2c(o1)C(=O)c1ccccc1C2=O. The molecule has 0 bridgehead atoms. The lowest BCUT2D eigenvalue weighted by Crippen LogP contribution is -2.26. The van der Waals surface area contributed by atoms with Crippen LogP contribution in [-0.4, -0.2) is 19.9 Å². The normalized spacial score (nSPS) is 15.5. The van der Waals surface area contributed by atoms with E-state index in [9.17, 15) is 9.59 Å². The molecule has 0 spiro atoms. The maximum absolute atomic E-state index is 12.5. The molecule has 1 unspecified atom stereocenters. The van der Waals surface area contributed by atoms with Gasteiger partial charge in [0, 0.05) is 11.1 Å². The highest BCUT2D eigenvalue weighted by molar-refractivity contribution is 6.69. The third-order valence-corrected chi connectivity index (χ3v) is 4.61. The van der Waals surface area contributed by atoms with E-state index in [0.29, 0.717) is 22.5 Å². The van der Waals surface area contributed by atoms with E-state index < -0.39 is 8.32 Å². The first-order valence-electron chi connectivity index (χ1n) is 7.28. The summed E-state index contributed by atoms with van der Waals surface area (Å²) in [6.07, 6.45) is -0.277. The molecular weight excluding hydrogens is 296 g/mol. The van der Waals surface area contributed by atoms with Gasteiger partial charge in [0.1, 0.15) is 11.9 Å². The van der Waals surface area contributed by atoms with Crippen LogP contribution < -0.4 is 0 Å². The van der Waals surface area contributed by atoms with Crippen LogP contribution in [0.15, 0.2) is 34.7 Å². The van der Waals surface area contributed by atoms with E-state index in [-0.39, 0.29) is 23.4 Å². The summed E-state index contributed by atoms with van der Waals surface area (Å²) in [6, 6.07) is 8.48. The smallest absolute Gasteiger partial charge is 0.229 e. The van der Waals surface area contributed by atoms with Crippen molar-refractivity contribution in [1.82, 2.24) is 0 Å². The third-order valence-electron chi connectivity index (χ3n) is 3.55. The summed E-state index contributed by atoms with van der Waals surface area (Å²) >= 11 is 0. The quantitative estimate of drug-likeness (QED) is 0.686. The third kappa shape index (κ3) is 2.46. The minimum Gasteiger partial charge on any atom is -0.454 e. The topological polar surface area (TPSA) is 56.5 Å². The molecule has 1 aromatic heterocycles. The highest BCUT2D eigenvalue weighted by Gasteiger charge is 2.34. The molecule has 1 aliphatic carbocycles. The number of hydrogen-bond donors (Lipinski definition) is 0. The van der Waals surface area contributed by atoms with Gasteiger partial charge in [-0.05, 0) is 32.6 Å². The molecule has 0 amide bonds. The lowest BCUT2D eigenvalue weighted by atomic mass is 9.88. The van der Waals surface area contributed by atoms with Gasteiger partial charge in [0.15, 0.2) is 19.9 Å². The maximum atomic E-state index is 12.5. The van der Waals surface area contributed by atoms with Crippen molar-refractivity contribution in [2.24, 2.45) is 0 Å². The van der Waals surface area contributed by atoms with Crippen LogP contribution in [0.5, 0.6) is 0 Å². The number of carbonyl (C=O) groups excluding carboxylic acids is 2. The highest BCUT2D eigenvalue weighted by Crippen LogP contribution is 2.33. The Bertz CT molecular complexity index is 715. The lowest BCUT2D eigenvalue weighted by molar-refractivity contribution is 0.0955. The standard InChI is InChI=1S/C17H18O4Si/c1-10(21-22(2,3)4)14-9-13-15(18)11-7-5-6-8-12(11)16(19)17(13)20-14/h5-10H,1-4H3. The van der Waals surface area contributed by atoms with Gasteiger partial charge >= 0.3 is 0 Å². The molecule has 0 fully saturated rings. The van der Waals surface area contributed by atoms with E-state index in [4.69, 9.17) is 8.84 Å². The van der Waals surface area contributed by atoms with Crippen LogP contribution in [0.1, 0.15) is 50.8 Å². The molecular formula is C17H18O4Si. The van der Waals surface area contributed by atoms with Crippen molar-refractivity contribution in [3.8, 4) is 0 Å². The van der Waals surface area contributed by atoms with E-state index in [2.05, 4.69) is 19.6 Å². The molecule has 0 saturated carbocycles. The number of hydrogen-bond acceptors (Lipinski definition) is 4. The van der Waals surface area contributed by atoms with E-state index in [0.717, 1.165) is 0 Å². The molecule has 1 atom stereocenters. The van der Waals surface area contributed by atoms with Crippen LogP contribution in [0.2, 0.25) is 19.6 Å². The van der Waals surface area contributed by atoms with Gasteiger partial charge in [0.25, 0.3) is 0 Å². The predicted octanol–water partition coefficient (Wildman–Crippen LogP) is 3.97. The molecule has 5 heteroatoms. The molecule has 4 nitrogen and oxygen atoms in total. The van der Waals surface area contributed by atoms with Gasteiger partial charge in [-0.2, -0.15) is 0 Å². The number of furan rings is 1. The zero-order valence-electron chi connectivity index (χ0n) is 13.1. The van der Waals surface area contributed by atoms with Crippen molar-refractivity contribution >= 4 is 19.9 Å². The first kappa shape index (κ1) is 14.9. The van der Waals surface area contributed by atoms with Crippen molar-refractivity contribution in [1.29, 1.82) is 0 Å². The van der Waals surface area contributed by atoms with Crippen molar-refractivity contribution in [2.75, 3.05) is 0 Å². The van der Waals surface area contributed by atoms with Crippen molar-refractivity contribution in [3.63, 3.8) is 0 Å². The van der Waals surface area contributed by atoms with E-state index in [1.807, 2.05) is 6.92 Å². The molecule has 0 N–H and O–H groups in total. The Balaban J connectivity index is 2.02. The van der Waals surface area contributed by atoms with Crippen LogP contribution in [-0.2, 0) is 4.43 Å². The number of ketones is 2. The summed E-state index contributed by atoms with van der Waals surface area (Å²) in [5.74, 6) is 0.253. The Morgan fingerprint density at radius 1 is 1.00 bits per heavy atom. The summed E-state index contributed by atoms with van der Waals surface area (Å²) in [6.45, 7) is 8.13. The van der Waals surface area contributed by atoms with Crippen molar-refractivity contribution < 1.29 is 18.4 Å². The Morgan fingerprint density at radius 3 is 2.18 bits per heavy atom. The molecule has 114 valence electrons. The van der Waals surface area contributed by atoms with Crippen LogP contribution in [0.3, 0.4) is 0 Å². The summed E-state index contributed by atoms with van der Waals surface area (Å²) in [4.78, 5) is 25.0. The average molecular weight is 314 g/mol. The fraction of sp³-hybridized carbons (Fsp3) is 0.294. The fourth-order valence-electron chi connectivity index (χ4n) is 2.68. The molecule has 0 radical (unpaired) electrons. The monoisotopic (exact) mass is 314 g/mol. The van der Waals surface area contributed by atoms with E-state index in [1.54, 1.807) is 30.3 Å². The number of benzene rings is 1. The highest BCUT2D eigenvalue weighted by atomic mass is 28.4. The van der Waals surface area contributed by atoms with Gasteiger partial charge in [-0.1, -0.05) is 24.3 Å². The van der Waals surface area contributed by atoms with Gasteiger partial charge in [-0.3, -0.25) is 9.59 Å². The molecule has 0 saturated heterocycles. The molecule has 1 heterocycles. The summed E-state index contributed by atoms with van der Waals surface area (Å²) in [5.41, 5.74) is 1.18. The van der Waals surface area contributed by atoms with Crippen molar-refractivity contribution in [3.05, 3.63) is 58.5 Å². The fourth-order valence-corrected chi connectivity index (χ4v) is 3.86. The second-order valence-corrected chi connectivity index (χ2v) is 10.9. The molecule has 0 aliphatic heterocycles. The van der Waals surface area contributed by atoms with Crippen LogP contribution in [0, 0.1) is 0 Å². The summed E-state index contributed by atoms with van der Waals surface area (Å²) in [7, 11) is -1.74. The van der Waals surface area contributed by atoms with Crippen LogP contribution in [0.4, 0.5) is 0 Å². The molecule has 1 aliphatic rings. The first-order valence-corrected chi connectivity index (χ1v) is 10.7. The van der Waals surface area contributed by atoms with Gasteiger partial charge in [0.2, 0.25) is 5.78 Å². The number of fused-ring (bicyclic) bond motifs is 2. The van der Waals surface area contributed by atoms with Crippen LogP contribution >= 0.6 is 0 Å². The van der Waals surface area contributed by atoms with Gasteiger partial charge in [0.05, 0.1) is 5.56 Å². The summed E-state index contributed by atoms with van der Waals surface area (Å²) in [5, 5.41) is 0. The molecule has 1 aromatic carbocycles. The molecule has 3 rings (SSSR count). The van der Waals surface area contributed by atoms with Crippen LogP contribution in [0.25, 0.3) is 0 Å². The van der Waals surface area contributed by atoms with E-state index in [1.165, 1.54) is 0 Å². The van der Waals surface area contributed by atoms with Gasteiger partial charge < -0.3 is 8.84 Å². The second-order valence-electron chi connectivity index (χ2n) is 6.47. The number of rotatable bonds is 3. The number of carbonyl (C=O) groups is 2. The first-order chi connectivity index (χ1) is 10.3. The zero-order chi connectivity index (χ0) is 16.1.